The third-order valence-electron chi connectivity index (χ3n) is 3.55. The molecule has 0 aliphatic carbocycles. The van der Waals surface area contributed by atoms with Gasteiger partial charge in [0.1, 0.15) is 0 Å². The van der Waals surface area contributed by atoms with Crippen LogP contribution in [-0.2, 0) is 6.54 Å². The highest BCUT2D eigenvalue weighted by atomic mass is 16.2. The predicted octanol–water partition coefficient (Wildman–Crippen LogP) is 3.23. The zero-order chi connectivity index (χ0) is 14.7. The van der Waals surface area contributed by atoms with Crippen LogP contribution in [0.15, 0.2) is 54.9 Å². The molecular formula is C17H17N3O. The van der Waals surface area contributed by atoms with Crippen molar-refractivity contribution in [1.82, 2.24) is 14.9 Å². The molecule has 0 saturated carbocycles. The summed E-state index contributed by atoms with van der Waals surface area (Å²) in [5, 5.41) is 1.05. The molecule has 0 fully saturated rings. The SMILES string of the molecule is CCN(Cc1ccccn1)C(=O)c1ccc2[nH]ccc2c1. The molecular weight excluding hydrogens is 262 g/mol. The smallest absolute Gasteiger partial charge is 0.254 e. The average molecular weight is 279 g/mol. The molecule has 0 saturated heterocycles. The third kappa shape index (κ3) is 2.79. The van der Waals surface area contributed by atoms with Crippen LogP contribution in [0.1, 0.15) is 23.0 Å². The number of carbonyl (C=O) groups is 1. The van der Waals surface area contributed by atoms with Gasteiger partial charge in [-0.3, -0.25) is 9.78 Å². The quantitative estimate of drug-likeness (QED) is 0.797. The summed E-state index contributed by atoms with van der Waals surface area (Å²) in [7, 11) is 0. The van der Waals surface area contributed by atoms with E-state index in [-0.39, 0.29) is 5.91 Å². The minimum absolute atomic E-state index is 0.0336. The number of aromatic amines is 1. The summed E-state index contributed by atoms with van der Waals surface area (Å²) in [5.41, 5.74) is 2.65. The Balaban J connectivity index is 1.84. The Hall–Kier alpha value is -2.62. The molecule has 0 bridgehead atoms. The molecule has 21 heavy (non-hydrogen) atoms. The van der Waals surface area contributed by atoms with Crippen LogP contribution in [0, 0.1) is 0 Å². The average Bonchev–Trinajstić information content (AvgIpc) is 3.00. The van der Waals surface area contributed by atoms with Crippen LogP contribution in [-0.4, -0.2) is 27.3 Å². The standard InChI is InChI=1S/C17H17N3O/c1-2-20(12-15-5-3-4-9-18-15)17(21)14-6-7-16-13(11-14)8-10-19-16/h3-11,19H,2,12H2,1H3. The first kappa shape index (κ1) is 13.4. The van der Waals surface area contributed by atoms with E-state index in [1.54, 1.807) is 11.1 Å². The van der Waals surface area contributed by atoms with Gasteiger partial charge in [-0.15, -0.1) is 0 Å². The number of nitrogens with one attached hydrogen (secondary N) is 1. The van der Waals surface area contributed by atoms with Crippen molar-refractivity contribution < 1.29 is 4.79 Å². The Labute approximate surface area is 123 Å². The fourth-order valence-corrected chi connectivity index (χ4v) is 2.38. The second kappa shape index (κ2) is 5.79. The summed E-state index contributed by atoms with van der Waals surface area (Å²) in [5.74, 6) is 0.0336. The molecule has 2 heterocycles. The molecule has 2 aromatic heterocycles. The van der Waals surface area contributed by atoms with Gasteiger partial charge < -0.3 is 9.88 Å². The molecule has 0 spiro atoms. The number of aromatic nitrogens is 2. The van der Waals surface area contributed by atoms with E-state index < -0.39 is 0 Å². The number of hydrogen-bond donors (Lipinski definition) is 1. The Bertz CT molecular complexity index is 749. The minimum Gasteiger partial charge on any atom is -0.361 e. The van der Waals surface area contributed by atoms with Gasteiger partial charge in [0.25, 0.3) is 5.91 Å². The number of H-pyrrole nitrogens is 1. The maximum atomic E-state index is 12.6. The highest BCUT2D eigenvalue weighted by Crippen LogP contribution is 2.16. The fourth-order valence-electron chi connectivity index (χ4n) is 2.38. The predicted molar refractivity (Wildman–Crippen MR) is 83.0 cm³/mol. The van der Waals surface area contributed by atoms with E-state index in [2.05, 4.69) is 9.97 Å². The zero-order valence-corrected chi connectivity index (χ0v) is 11.9. The lowest BCUT2D eigenvalue weighted by Crippen LogP contribution is -2.30. The second-order valence-electron chi connectivity index (χ2n) is 4.92. The van der Waals surface area contributed by atoms with Crippen LogP contribution in [0.2, 0.25) is 0 Å². The van der Waals surface area contributed by atoms with Crippen molar-refractivity contribution in [1.29, 1.82) is 0 Å². The number of carbonyl (C=O) groups excluding carboxylic acids is 1. The molecule has 1 amide bonds. The van der Waals surface area contributed by atoms with Crippen LogP contribution < -0.4 is 0 Å². The molecule has 1 N–H and O–H groups in total. The van der Waals surface area contributed by atoms with Crippen molar-refractivity contribution in [2.24, 2.45) is 0 Å². The summed E-state index contributed by atoms with van der Waals surface area (Å²) < 4.78 is 0. The lowest BCUT2D eigenvalue weighted by Gasteiger charge is -2.20. The summed E-state index contributed by atoms with van der Waals surface area (Å²) in [6, 6.07) is 13.5. The van der Waals surface area contributed by atoms with E-state index in [1.165, 1.54) is 0 Å². The molecule has 4 nitrogen and oxygen atoms in total. The van der Waals surface area contributed by atoms with E-state index in [9.17, 15) is 4.79 Å². The Morgan fingerprint density at radius 3 is 2.90 bits per heavy atom. The Morgan fingerprint density at radius 2 is 2.14 bits per heavy atom. The first-order chi connectivity index (χ1) is 10.3. The molecule has 106 valence electrons. The van der Waals surface area contributed by atoms with Crippen molar-refractivity contribution in [2.45, 2.75) is 13.5 Å². The van der Waals surface area contributed by atoms with Crippen LogP contribution in [0.3, 0.4) is 0 Å². The number of hydrogen-bond acceptors (Lipinski definition) is 2. The van der Waals surface area contributed by atoms with Gasteiger partial charge in [0, 0.05) is 35.4 Å². The van der Waals surface area contributed by atoms with E-state index in [0.717, 1.165) is 16.6 Å². The van der Waals surface area contributed by atoms with Crippen LogP contribution in [0.4, 0.5) is 0 Å². The van der Waals surface area contributed by atoms with Gasteiger partial charge in [0.05, 0.1) is 12.2 Å². The van der Waals surface area contributed by atoms with Gasteiger partial charge in [-0.2, -0.15) is 0 Å². The highest BCUT2D eigenvalue weighted by molar-refractivity contribution is 5.98. The van der Waals surface area contributed by atoms with Crippen LogP contribution in [0.5, 0.6) is 0 Å². The largest absolute Gasteiger partial charge is 0.361 e. The normalized spacial score (nSPS) is 10.7. The number of rotatable bonds is 4. The lowest BCUT2D eigenvalue weighted by molar-refractivity contribution is 0.0751. The highest BCUT2D eigenvalue weighted by Gasteiger charge is 2.15. The van der Waals surface area contributed by atoms with Crippen molar-refractivity contribution in [2.75, 3.05) is 6.54 Å². The summed E-state index contributed by atoms with van der Waals surface area (Å²) >= 11 is 0. The van der Waals surface area contributed by atoms with Gasteiger partial charge in [0.2, 0.25) is 0 Å². The molecule has 1 aromatic carbocycles. The molecule has 0 atom stereocenters. The molecule has 4 heteroatoms. The van der Waals surface area contributed by atoms with E-state index in [1.807, 2.05) is 55.6 Å². The first-order valence-corrected chi connectivity index (χ1v) is 7.04. The summed E-state index contributed by atoms with van der Waals surface area (Å²) in [4.78, 5) is 21.9. The number of nitrogens with zero attached hydrogens (tertiary/aromatic N) is 2. The molecule has 0 unspecified atom stereocenters. The van der Waals surface area contributed by atoms with Crippen LogP contribution in [0.25, 0.3) is 10.9 Å². The topological polar surface area (TPSA) is 49.0 Å². The number of amides is 1. The Kier molecular flexibility index (Phi) is 3.69. The minimum atomic E-state index is 0.0336. The first-order valence-electron chi connectivity index (χ1n) is 7.04. The van der Waals surface area contributed by atoms with Crippen LogP contribution >= 0.6 is 0 Å². The van der Waals surface area contributed by atoms with Crippen molar-refractivity contribution in [3.05, 3.63) is 66.1 Å². The van der Waals surface area contributed by atoms with Crippen molar-refractivity contribution >= 4 is 16.8 Å². The summed E-state index contributed by atoms with van der Waals surface area (Å²) in [6.45, 7) is 3.16. The van der Waals surface area contributed by atoms with Gasteiger partial charge in [-0.1, -0.05) is 6.07 Å². The van der Waals surface area contributed by atoms with Gasteiger partial charge in [0.15, 0.2) is 0 Å². The fraction of sp³-hybridized carbons (Fsp3) is 0.176. The number of fused-ring (bicyclic) bond motifs is 1. The van der Waals surface area contributed by atoms with Crippen molar-refractivity contribution in [3.8, 4) is 0 Å². The van der Waals surface area contributed by atoms with Crippen molar-refractivity contribution in [3.63, 3.8) is 0 Å². The number of benzene rings is 1. The van der Waals surface area contributed by atoms with E-state index >= 15 is 0 Å². The molecule has 0 radical (unpaired) electrons. The maximum Gasteiger partial charge on any atom is 0.254 e. The van der Waals surface area contributed by atoms with Gasteiger partial charge in [-0.05, 0) is 43.3 Å². The molecule has 3 aromatic rings. The lowest BCUT2D eigenvalue weighted by atomic mass is 10.1. The number of pyridine rings is 1. The van der Waals surface area contributed by atoms with E-state index in [0.29, 0.717) is 18.7 Å². The zero-order valence-electron chi connectivity index (χ0n) is 11.9. The third-order valence-corrected chi connectivity index (χ3v) is 3.55. The second-order valence-corrected chi connectivity index (χ2v) is 4.92. The molecule has 0 aliphatic rings. The maximum absolute atomic E-state index is 12.6. The Morgan fingerprint density at radius 1 is 1.24 bits per heavy atom. The van der Waals surface area contributed by atoms with E-state index in [4.69, 9.17) is 0 Å². The van der Waals surface area contributed by atoms with Gasteiger partial charge >= 0.3 is 0 Å². The molecule has 3 rings (SSSR count). The molecule has 0 aliphatic heterocycles. The summed E-state index contributed by atoms with van der Waals surface area (Å²) in [6.07, 6.45) is 3.63. The van der Waals surface area contributed by atoms with Gasteiger partial charge in [-0.25, -0.2) is 0 Å². The monoisotopic (exact) mass is 279 g/mol.